The number of aromatic nitrogens is 7. The molecule has 0 atom stereocenters. The van der Waals surface area contributed by atoms with Crippen molar-refractivity contribution in [2.75, 3.05) is 5.32 Å². The third-order valence-electron chi connectivity index (χ3n) is 3.98. The monoisotopic (exact) mass is 360 g/mol. The number of carbonyl (C=O) groups is 1. The Morgan fingerprint density at radius 2 is 1.85 bits per heavy atom. The first kappa shape index (κ1) is 16.6. The lowest BCUT2D eigenvalue weighted by Gasteiger charge is -2.05. The van der Waals surface area contributed by atoms with Crippen molar-refractivity contribution in [1.82, 2.24) is 35.2 Å². The van der Waals surface area contributed by atoms with Gasteiger partial charge in [0.15, 0.2) is 11.5 Å². The standard InChI is InChI=1S/C18H16N8O/c1-12-16(22-26(21-12)15-9-4-3-5-10-15)18(27)19-14-8-6-7-13(11-14)17-20-23-24-25(17)2/h3-11H,1-2H3,(H,19,27). The highest BCUT2D eigenvalue weighted by molar-refractivity contribution is 6.03. The Hall–Kier alpha value is -3.88. The molecule has 4 rings (SSSR count). The molecule has 27 heavy (non-hydrogen) atoms. The van der Waals surface area contributed by atoms with Gasteiger partial charge in [0.1, 0.15) is 0 Å². The zero-order chi connectivity index (χ0) is 18.8. The van der Waals surface area contributed by atoms with Crippen LogP contribution < -0.4 is 5.32 Å². The van der Waals surface area contributed by atoms with Gasteiger partial charge in [0.05, 0.1) is 11.4 Å². The van der Waals surface area contributed by atoms with Crippen molar-refractivity contribution in [1.29, 1.82) is 0 Å². The lowest BCUT2D eigenvalue weighted by molar-refractivity contribution is 0.102. The molecule has 4 aromatic rings. The summed E-state index contributed by atoms with van der Waals surface area (Å²) in [5.74, 6) is 0.278. The number of para-hydroxylation sites is 1. The summed E-state index contributed by atoms with van der Waals surface area (Å²) in [6.07, 6.45) is 0. The summed E-state index contributed by atoms with van der Waals surface area (Å²) >= 11 is 0. The molecule has 9 heteroatoms. The highest BCUT2D eigenvalue weighted by Gasteiger charge is 2.17. The molecule has 0 aliphatic rings. The topological polar surface area (TPSA) is 103 Å². The van der Waals surface area contributed by atoms with E-state index in [-0.39, 0.29) is 11.6 Å². The van der Waals surface area contributed by atoms with Gasteiger partial charge in [0, 0.05) is 18.3 Å². The fourth-order valence-electron chi connectivity index (χ4n) is 2.67. The molecule has 0 aliphatic carbocycles. The van der Waals surface area contributed by atoms with Crippen LogP contribution in [0.2, 0.25) is 0 Å². The Morgan fingerprint density at radius 1 is 1.04 bits per heavy atom. The van der Waals surface area contributed by atoms with E-state index in [2.05, 4.69) is 31.0 Å². The molecule has 1 amide bonds. The van der Waals surface area contributed by atoms with Crippen LogP contribution in [0, 0.1) is 6.92 Å². The summed E-state index contributed by atoms with van der Waals surface area (Å²) in [4.78, 5) is 14.1. The van der Waals surface area contributed by atoms with Gasteiger partial charge in [-0.05, 0) is 41.6 Å². The van der Waals surface area contributed by atoms with Crippen molar-refractivity contribution in [2.45, 2.75) is 6.92 Å². The maximum absolute atomic E-state index is 12.7. The van der Waals surface area contributed by atoms with Gasteiger partial charge in [-0.1, -0.05) is 30.3 Å². The highest BCUT2D eigenvalue weighted by Crippen LogP contribution is 2.20. The van der Waals surface area contributed by atoms with Gasteiger partial charge in [-0.2, -0.15) is 9.90 Å². The quantitative estimate of drug-likeness (QED) is 0.597. The lowest BCUT2D eigenvalue weighted by Crippen LogP contribution is -2.14. The van der Waals surface area contributed by atoms with Crippen LogP contribution in [0.15, 0.2) is 54.6 Å². The number of amides is 1. The Bertz CT molecular complexity index is 1100. The summed E-state index contributed by atoms with van der Waals surface area (Å²) in [6.45, 7) is 1.75. The average molecular weight is 360 g/mol. The zero-order valence-electron chi connectivity index (χ0n) is 14.7. The van der Waals surface area contributed by atoms with Crippen molar-refractivity contribution in [3.8, 4) is 17.1 Å². The highest BCUT2D eigenvalue weighted by atomic mass is 16.2. The van der Waals surface area contributed by atoms with E-state index in [1.165, 1.54) is 4.80 Å². The Labute approximate surface area is 154 Å². The predicted molar refractivity (Wildman–Crippen MR) is 98.3 cm³/mol. The molecule has 0 unspecified atom stereocenters. The molecule has 0 fully saturated rings. The van der Waals surface area contributed by atoms with Gasteiger partial charge in [0.25, 0.3) is 5.91 Å². The van der Waals surface area contributed by atoms with Crippen molar-refractivity contribution < 1.29 is 4.79 Å². The summed E-state index contributed by atoms with van der Waals surface area (Å²) in [6, 6.07) is 16.7. The first-order chi connectivity index (χ1) is 13.1. The SMILES string of the molecule is Cc1nn(-c2ccccc2)nc1C(=O)Nc1cccc(-c2nnnn2C)c1. The second-order valence-electron chi connectivity index (χ2n) is 5.92. The van der Waals surface area contributed by atoms with Crippen LogP contribution in [0.1, 0.15) is 16.2 Å². The molecule has 0 spiro atoms. The number of hydrogen-bond donors (Lipinski definition) is 1. The molecule has 2 heterocycles. The maximum Gasteiger partial charge on any atom is 0.278 e. The summed E-state index contributed by atoms with van der Waals surface area (Å²) in [5, 5.41) is 22.9. The smallest absolute Gasteiger partial charge is 0.278 e. The van der Waals surface area contributed by atoms with Gasteiger partial charge >= 0.3 is 0 Å². The van der Waals surface area contributed by atoms with E-state index < -0.39 is 0 Å². The summed E-state index contributed by atoms with van der Waals surface area (Å²) < 4.78 is 1.57. The van der Waals surface area contributed by atoms with E-state index in [0.717, 1.165) is 11.3 Å². The van der Waals surface area contributed by atoms with Crippen LogP contribution in [-0.4, -0.2) is 41.1 Å². The number of benzene rings is 2. The molecule has 0 aliphatic heterocycles. The molecule has 9 nitrogen and oxygen atoms in total. The minimum atomic E-state index is -0.331. The molecule has 2 aromatic heterocycles. The van der Waals surface area contributed by atoms with Gasteiger partial charge in [-0.3, -0.25) is 4.79 Å². The minimum absolute atomic E-state index is 0.268. The third kappa shape index (κ3) is 3.30. The van der Waals surface area contributed by atoms with E-state index in [1.807, 2.05) is 42.5 Å². The number of tetrazole rings is 1. The van der Waals surface area contributed by atoms with Crippen molar-refractivity contribution in [3.05, 3.63) is 66.0 Å². The van der Waals surface area contributed by atoms with Gasteiger partial charge in [-0.25, -0.2) is 4.68 Å². The van der Waals surface area contributed by atoms with Crippen LogP contribution in [0.4, 0.5) is 5.69 Å². The lowest BCUT2D eigenvalue weighted by atomic mass is 10.2. The zero-order valence-corrected chi connectivity index (χ0v) is 14.7. The predicted octanol–water partition coefficient (Wildman–Crippen LogP) is 2.02. The van der Waals surface area contributed by atoms with Gasteiger partial charge in [0.2, 0.25) is 0 Å². The van der Waals surface area contributed by atoms with E-state index in [4.69, 9.17) is 0 Å². The Kier molecular flexibility index (Phi) is 4.17. The second kappa shape index (κ2) is 6.79. The molecule has 0 bridgehead atoms. The van der Waals surface area contributed by atoms with Crippen LogP contribution >= 0.6 is 0 Å². The number of rotatable bonds is 4. The molecule has 134 valence electrons. The first-order valence-corrected chi connectivity index (χ1v) is 8.25. The average Bonchev–Trinajstić information content (AvgIpc) is 3.28. The number of anilines is 1. The minimum Gasteiger partial charge on any atom is -0.321 e. The Morgan fingerprint density at radius 3 is 2.59 bits per heavy atom. The Balaban J connectivity index is 1.58. The van der Waals surface area contributed by atoms with Crippen LogP contribution in [0.3, 0.4) is 0 Å². The second-order valence-corrected chi connectivity index (χ2v) is 5.92. The van der Waals surface area contributed by atoms with Crippen molar-refractivity contribution in [2.24, 2.45) is 7.05 Å². The van der Waals surface area contributed by atoms with Gasteiger partial charge < -0.3 is 5.32 Å². The van der Waals surface area contributed by atoms with E-state index in [1.54, 1.807) is 30.8 Å². The number of aryl methyl sites for hydroxylation is 2. The van der Waals surface area contributed by atoms with E-state index >= 15 is 0 Å². The molecular weight excluding hydrogens is 344 g/mol. The van der Waals surface area contributed by atoms with Crippen molar-refractivity contribution >= 4 is 11.6 Å². The summed E-state index contributed by atoms with van der Waals surface area (Å²) in [7, 11) is 1.76. The fraction of sp³-hybridized carbons (Fsp3) is 0.111. The number of nitrogens with zero attached hydrogens (tertiary/aromatic N) is 7. The third-order valence-corrected chi connectivity index (χ3v) is 3.98. The van der Waals surface area contributed by atoms with Crippen LogP contribution in [0.5, 0.6) is 0 Å². The van der Waals surface area contributed by atoms with Crippen LogP contribution in [-0.2, 0) is 7.05 Å². The summed E-state index contributed by atoms with van der Waals surface area (Å²) in [5.41, 5.74) is 3.02. The number of nitrogens with one attached hydrogen (secondary N) is 1. The molecular formula is C18H16N8O. The number of carbonyl (C=O) groups excluding carboxylic acids is 1. The normalized spacial score (nSPS) is 10.7. The molecule has 0 saturated carbocycles. The fourth-order valence-corrected chi connectivity index (χ4v) is 2.67. The molecule has 2 aromatic carbocycles. The molecule has 0 radical (unpaired) electrons. The van der Waals surface area contributed by atoms with Crippen LogP contribution in [0.25, 0.3) is 17.1 Å². The largest absolute Gasteiger partial charge is 0.321 e. The number of hydrogen-bond acceptors (Lipinski definition) is 6. The van der Waals surface area contributed by atoms with E-state index in [0.29, 0.717) is 17.2 Å². The first-order valence-electron chi connectivity index (χ1n) is 8.25. The molecule has 1 N–H and O–H groups in total. The van der Waals surface area contributed by atoms with Crippen molar-refractivity contribution in [3.63, 3.8) is 0 Å². The maximum atomic E-state index is 12.7. The van der Waals surface area contributed by atoms with E-state index in [9.17, 15) is 4.79 Å². The van der Waals surface area contributed by atoms with Gasteiger partial charge in [-0.15, -0.1) is 10.2 Å². The molecule has 0 saturated heterocycles.